The van der Waals surface area contributed by atoms with Crippen molar-refractivity contribution in [3.63, 3.8) is 0 Å². The maximum atomic E-state index is 12.4. The molecule has 6 heteroatoms. The summed E-state index contributed by atoms with van der Waals surface area (Å²) in [5, 5.41) is 3.22. The Bertz CT molecular complexity index is 882. The van der Waals surface area contributed by atoms with Gasteiger partial charge in [0.15, 0.2) is 15.8 Å². The minimum absolute atomic E-state index is 0.0415. The second kappa shape index (κ2) is 8.13. The fourth-order valence-corrected chi connectivity index (χ4v) is 4.77. The van der Waals surface area contributed by atoms with E-state index in [9.17, 15) is 8.42 Å². The number of benzene rings is 2. The minimum atomic E-state index is -3.29. The molecule has 2 aromatic carbocycles. The lowest BCUT2D eigenvalue weighted by atomic mass is 9.82. The Morgan fingerprint density at radius 1 is 1.11 bits per heavy atom. The van der Waals surface area contributed by atoms with Crippen LogP contribution in [-0.2, 0) is 15.3 Å². The highest BCUT2D eigenvalue weighted by atomic mass is 32.2. The van der Waals surface area contributed by atoms with Gasteiger partial charge < -0.3 is 10.2 Å². The number of hydrogen-bond donors (Lipinski definition) is 1. The van der Waals surface area contributed by atoms with Crippen molar-refractivity contribution in [1.82, 2.24) is 10.2 Å². The van der Waals surface area contributed by atoms with E-state index >= 15 is 0 Å². The fourth-order valence-electron chi connectivity index (χ4n) is 3.59. The van der Waals surface area contributed by atoms with Crippen molar-refractivity contribution in [2.75, 3.05) is 32.4 Å². The van der Waals surface area contributed by atoms with Gasteiger partial charge in [0.1, 0.15) is 0 Å². The number of guanidine groups is 1. The van der Waals surface area contributed by atoms with E-state index in [-0.39, 0.29) is 11.2 Å². The molecule has 27 heavy (non-hydrogen) atoms. The Balaban J connectivity index is 1.59. The standard InChI is InChI=1S/C21H27N3O2S/c1-21(18-9-5-3-6-10-18)13-15-24(17-21)20(22-2)23-14-16-27(25,26)19-11-7-4-8-12-19/h3-12H,13-17H2,1-2H3,(H,22,23). The van der Waals surface area contributed by atoms with Crippen LogP contribution in [0.2, 0.25) is 0 Å². The van der Waals surface area contributed by atoms with E-state index in [0.29, 0.717) is 11.4 Å². The van der Waals surface area contributed by atoms with Gasteiger partial charge in [-0.3, -0.25) is 4.99 Å². The zero-order chi connectivity index (χ0) is 19.3. The Kier molecular flexibility index (Phi) is 5.85. The Morgan fingerprint density at radius 3 is 2.37 bits per heavy atom. The predicted octanol–water partition coefficient (Wildman–Crippen LogP) is 2.70. The molecule has 1 saturated heterocycles. The van der Waals surface area contributed by atoms with Crippen LogP contribution in [0, 0.1) is 0 Å². The van der Waals surface area contributed by atoms with Crippen molar-refractivity contribution in [1.29, 1.82) is 0 Å². The van der Waals surface area contributed by atoms with E-state index in [1.807, 2.05) is 12.1 Å². The van der Waals surface area contributed by atoms with Crippen LogP contribution in [0.4, 0.5) is 0 Å². The second-order valence-corrected chi connectivity index (χ2v) is 9.31. The zero-order valence-electron chi connectivity index (χ0n) is 15.9. The molecule has 144 valence electrons. The lowest BCUT2D eigenvalue weighted by Crippen LogP contribution is -2.43. The molecule has 0 amide bonds. The van der Waals surface area contributed by atoms with Crippen LogP contribution in [0.3, 0.4) is 0 Å². The van der Waals surface area contributed by atoms with Crippen molar-refractivity contribution in [3.05, 3.63) is 66.2 Å². The molecule has 1 aliphatic rings. The van der Waals surface area contributed by atoms with Gasteiger partial charge in [-0.15, -0.1) is 0 Å². The van der Waals surface area contributed by atoms with Gasteiger partial charge in [0.05, 0.1) is 10.6 Å². The molecule has 0 aliphatic carbocycles. The molecule has 1 aliphatic heterocycles. The summed E-state index contributed by atoms with van der Waals surface area (Å²) < 4.78 is 24.8. The summed E-state index contributed by atoms with van der Waals surface area (Å²) in [6.45, 7) is 4.37. The maximum Gasteiger partial charge on any atom is 0.193 e. The normalized spacial score (nSPS) is 20.7. The van der Waals surface area contributed by atoms with E-state index in [1.165, 1.54) is 5.56 Å². The van der Waals surface area contributed by atoms with Crippen LogP contribution in [-0.4, -0.2) is 51.7 Å². The first-order valence-electron chi connectivity index (χ1n) is 9.24. The third kappa shape index (κ3) is 4.50. The molecule has 2 aromatic rings. The predicted molar refractivity (Wildman–Crippen MR) is 110 cm³/mol. The number of likely N-dealkylation sites (tertiary alicyclic amines) is 1. The summed E-state index contributed by atoms with van der Waals surface area (Å²) in [4.78, 5) is 6.93. The fraction of sp³-hybridized carbons (Fsp3) is 0.381. The number of nitrogens with one attached hydrogen (secondary N) is 1. The lowest BCUT2D eigenvalue weighted by molar-refractivity contribution is 0.440. The van der Waals surface area contributed by atoms with Crippen LogP contribution < -0.4 is 5.32 Å². The Morgan fingerprint density at radius 2 is 1.74 bits per heavy atom. The van der Waals surface area contributed by atoms with Crippen molar-refractivity contribution in [2.24, 2.45) is 4.99 Å². The first-order chi connectivity index (χ1) is 12.9. The summed E-state index contributed by atoms with van der Waals surface area (Å²) in [7, 11) is -1.55. The molecule has 0 radical (unpaired) electrons. The Hall–Kier alpha value is -2.34. The number of rotatable bonds is 5. The van der Waals surface area contributed by atoms with Gasteiger partial charge in [-0.1, -0.05) is 55.5 Å². The van der Waals surface area contributed by atoms with Gasteiger partial charge in [0, 0.05) is 32.1 Å². The van der Waals surface area contributed by atoms with Gasteiger partial charge >= 0.3 is 0 Å². The van der Waals surface area contributed by atoms with E-state index in [2.05, 4.69) is 46.4 Å². The number of nitrogens with zero attached hydrogens (tertiary/aromatic N) is 2. The maximum absolute atomic E-state index is 12.4. The number of hydrogen-bond acceptors (Lipinski definition) is 3. The largest absolute Gasteiger partial charge is 0.355 e. The van der Waals surface area contributed by atoms with Crippen molar-refractivity contribution < 1.29 is 8.42 Å². The average Bonchev–Trinajstić information content (AvgIpc) is 3.10. The SMILES string of the molecule is CN=C(NCCS(=O)(=O)c1ccccc1)N1CCC(C)(c2ccccc2)C1. The smallest absolute Gasteiger partial charge is 0.193 e. The van der Waals surface area contributed by atoms with Crippen molar-refractivity contribution in [2.45, 2.75) is 23.7 Å². The monoisotopic (exact) mass is 385 g/mol. The first kappa shape index (κ1) is 19.4. The molecule has 0 spiro atoms. The number of aliphatic imine (C=N–C) groups is 1. The first-order valence-corrected chi connectivity index (χ1v) is 10.9. The average molecular weight is 386 g/mol. The zero-order valence-corrected chi connectivity index (χ0v) is 16.7. The summed E-state index contributed by atoms with van der Waals surface area (Å²) in [6, 6.07) is 19.1. The molecule has 1 atom stereocenters. The molecule has 0 aromatic heterocycles. The van der Waals surface area contributed by atoms with Crippen LogP contribution >= 0.6 is 0 Å². The lowest BCUT2D eigenvalue weighted by Gasteiger charge is -2.27. The van der Waals surface area contributed by atoms with E-state index in [1.54, 1.807) is 31.3 Å². The van der Waals surface area contributed by atoms with Crippen molar-refractivity contribution >= 4 is 15.8 Å². The third-order valence-corrected chi connectivity index (χ3v) is 6.94. The summed E-state index contributed by atoms with van der Waals surface area (Å²) in [5.41, 5.74) is 1.41. The van der Waals surface area contributed by atoms with Gasteiger partial charge in [0.25, 0.3) is 0 Å². The number of sulfone groups is 1. The molecule has 0 saturated carbocycles. The summed E-state index contributed by atoms with van der Waals surface area (Å²) in [5.74, 6) is 0.803. The topological polar surface area (TPSA) is 61.8 Å². The molecule has 1 heterocycles. The highest BCUT2D eigenvalue weighted by Crippen LogP contribution is 2.33. The summed E-state index contributed by atoms with van der Waals surface area (Å²) in [6.07, 6.45) is 1.04. The quantitative estimate of drug-likeness (QED) is 0.635. The molecule has 1 fully saturated rings. The summed E-state index contributed by atoms with van der Waals surface area (Å²) >= 11 is 0. The van der Waals surface area contributed by atoms with Gasteiger partial charge in [-0.05, 0) is 24.1 Å². The van der Waals surface area contributed by atoms with E-state index in [0.717, 1.165) is 25.5 Å². The van der Waals surface area contributed by atoms with Gasteiger partial charge in [-0.25, -0.2) is 8.42 Å². The van der Waals surface area contributed by atoms with Gasteiger partial charge in [0.2, 0.25) is 0 Å². The van der Waals surface area contributed by atoms with Crippen LogP contribution in [0.15, 0.2) is 70.6 Å². The van der Waals surface area contributed by atoms with Crippen LogP contribution in [0.5, 0.6) is 0 Å². The van der Waals surface area contributed by atoms with Crippen LogP contribution in [0.25, 0.3) is 0 Å². The highest BCUT2D eigenvalue weighted by Gasteiger charge is 2.36. The van der Waals surface area contributed by atoms with E-state index in [4.69, 9.17) is 0 Å². The van der Waals surface area contributed by atoms with E-state index < -0.39 is 9.84 Å². The van der Waals surface area contributed by atoms with Gasteiger partial charge in [-0.2, -0.15) is 0 Å². The minimum Gasteiger partial charge on any atom is -0.355 e. The molecule has 3 rings (SSSR count). The molecule has 0 bridgehead atoms. The molecular formula is C21H27N3O2S. The molecule has 1 N–H and O–H groups in total. The molecular weight excluding hydrogens is 358 g/mol. The molecule has 1 unspecified atom stereocenters. The Labute approximate surface area is 162 Å². The molecule has 5 nitrogen and oxygen atoms in total. The highest BCUT2D eigenvalue weighted by molar-refractivity contribution is 7.91. The third-order valence-electron chi connectivity index (χ3n) is 5.21. The van der Waals surface area contributed by atoms with Crippen LogP contribution in [0.1, 0.15) is 18.9 Å². The second-order valence-electron chi connectivity index (χ2n) is 7.20. The van der Waals surface area contributed by atoms with Crippen molar-refractivity contribution in [3.8, 4) is 0 Å².